The van der Waals surface area contributed by atoms with E-state index in [1.807, 2.05) is 25.6 Å². The zero-order chi connectivity index (χ0) is 11.7. The van der Waals surface area contributed by atoms with Gasteiger partial charge in [-0.2, -0.15) is 0 Å². The van der Waals surface area contributed by atoms with Crippen LogP contribution in [0.1, 0.15) is 6.92 Å². The van der Waals surface area contributed by atoms with Gasteiger partial charge in [-0.15, -0.1) is 0 Å². The molecule has 1 aromatic heterocycles. The number of hydrogen-bond acceptors (Lipinski definition) is 1. The summed E-state index contributed by atoms with van der Waals surface area (Å²) in [4.78, 5) is 2.96. The molecule has 8 heteroatoms. The number of hydrogen-bond donors (Lipinski definition) is 1. The molecule has 0 atom stereocenters. The van der Waals surface area contributed by atoms with Gasteiger partial charge in [-0.05, 0) is 6.92 Å². The Hall–Kier alpha value is -1.05. The summed E-state index contributed by atoms with van der Waals surface area (Å²) < 4.78 is 46.2. The van der Waals surface area contributed by atoms with Gasteiger partial charge in [-0.1, -0.05) is 0 Å². The molecule has 1 rings (SSSR count). The van der Waals surface area contributed by atoms with Crippen molar-refractivity contribution < 1.29 is 26.6 Å². The van der Waals surface area contributed by atoms with Crippen LogP contribution in [-0.4, -0.2) is 25.5 Å². The van der Waals surface area contributed by atoms with Gasteiger partial charge in [0.05, 0.1) is 6.61 Å². The lowest BCUT2D eigenvalue weighted by atomic mass is 10.3. The Morgan fingerprint density at radius 1 is 1.33 bits per heavy atom. The van der Waals surface area contributed by atoms with Crippen LogP contribution in [0.3, 0.4) is 0 Å². The maximum atomic E-state index is 9.75. The molecule has 0 aliphatic carbocycles. The molecular weight excluding hydrogens is 215 g/mol. The maximum absolute atomic E-state index is 9.75. The number of nitrogens with zero attached hydrogens (tertiary/aromatic N) is 1. The molecule has 0 radical (unpaired) electrons. The Labute approximate surface area is 85.2 Å². The Morgan fingerprint density at radius 2 is 1.93 bits per heavy atom. The van der Waals surface area contributed by atoms with Crippen LogP contribution in [0, 0.1) is 0 Å². The highest BCUT2D eigenvalue weighted by molar-refractivity contribution is 6.50. The zero-order valence-corrected chi connectivity index (χ0v) is 8.30. The van der Waals surface area contributed by atoms with Crippen molar-refractivity contribution in [2.75, 3.05) is 13.2 Å². The van der Waals surface area contributed by atoms with Crippen LogP contribution in [0.5, 0.6) is 0 Å². The van der Waals surface area contributed by atoms with Crippen molar-refractivity contribution in [2.24, 2.45) is 0 Å². The van der Waals surface area contributed by atoms with E-state index in [1.165, 1.54) is 0 Å². The van der Waals surface area contributed by atoms with Crippen LogP contribution in [0.15, 0.2) is 18.7 Å². The van der Waals surface area contributed by atoms with Crippen LogP contribution in [0.25, 0.3) is 0 Å². The number of rotatable bonds is 4. The summed E-state index contributed by atoms with van der Waals surface area (Å²) in [5.74, 6) is 0. The Balaban J connectivity index is 0.000000336. The molecular formula is C7H13BF4N2O. The fraction of sp³-hybridized carbons (Fsp3) is 0.571. The molecule has 0 amide bonds. The molecule has 88 valence electrons. The minimum Gasteiger partial charge on any atom is -0.418 e. The lowest BCUT2D eigenvalue weighted by Crippen LogP contribution is -2.33. The second-order valence-corrected chi connectivity index (χ2v) is 2.54. The molecule has 0 unspecified atom stereocenters. The first kappa shape index (κ1) is 14.0. The van der Waals surface area contributed by atoms with Gasteiger partial charge in [-0.25, -0.2) is 4.57 Å². The van der Waals surface area contributed by atoms with Crippen LogP contribution in [-0.2, 0) is 11.3 Å². The van der Waals surface area contributed by atoms with E-state index >= 15 is 0 Å². The minimum absolute atomic E-state index is 0.791. The lowest BCUT2D eigenvalue weighted by molar-refractivity contribution is -0.697. The number of ether oxygens (including phenoxy) is 1. The van der Waals surface area contributed by atoms with E-state index in [-0.39, 0.29) is 0 Å². The number of aromatic nitrogens is 2. The fourth-order valence-corrected chi connectivity index (χ4v) is 0.774. The zero-order valence-electron chi connectivity index (χ0n) is 8.30. The van der Waals surface area contributed by atoms with E-state index in [0.29, 0.717) is 0 Å². The van der Waals surface area contributed by atoms with E-state index in [1.54, 1.807) is 0 Å². The van der Waals surface area contributed by atoms with E-state index < -0.39 is 7.25 Å². The molecule has 3 nitrogen and oxygen atoms in total. The predicted molar refractivity (Wildman–Crippen MR) is 47.7 cm³/mol. The van der Waals surface area contributed by atoms with E-state index in [2.05, 4.69) is 9.55 Å². The number of aromatic amines is 1. The molecule has 1 aromatic rings. The predicted octanol–water partition coefficient (Wildman–Crippen LogP) is 1.64. The van der Waals surface area contributed by atoms with E-state index in [9.17, 15) is 17.3 Å². The van der Waals surface area contributed by atoms with Gasteiger partial charge in [0, 0.05) is 6.61 Å². The summed E-state index contributed by atoms with van der Waals surface area (Å²) in [6.07, 6.45) is 5.80. The largest absolute Gasteiger partial charge is 0.673 e. The second-order valence-electron chi connectivity index (χ2n) is 2.54. The lowest BCUT2D eigenvalue weighted by Gasteiger charge is -1.95. The molecule has 0 spiro atoms. The first-order chi connectivity index (χ1) is 6.93. The maximum Gasteiger partial charge on any atom is 0.673 e. The first-order valence-electron chi connectivity index (χ1n) is 4.40. The quantitative estimate of drug-likeness (QED) is 0.361. The van der Waals surface area contributed by atoms with Crippen LogP contribution in [0.2, 0.25) is 0 Å². The van der Waals surface area contributed by atoms with Crippen LogP contribution < -0.4 is 4.57 Å². The standard InChI is InChI=1S/C7H12N2O.BF4/c1-2-10-6-5-9-4-3-8-7-9;2-1(3,4)5/h3-4,7H,2,5-6H2,1H3;/q;-1/p+1. The molecule has 0 aliphatic heterocycles. The average molecular weight is 228 g/mol. The highest BCUT2D eigenvalue weighted by Gasteiger charge is 2.20. The van der Waals surface area contributed by atoms with Gasteiger partial charge >= 0.3 is 7.25 Å². The molecule has 0 aliphatic rings. The third-order valence-corrected chi connectivity index (χ3v) is 1.30. The van der Waals surface area contributed by atoms with E-state index in [0.717, 1.165) is 19.8 Å². The van der Waals surface area contributed by atoms with Gasteiger partial charge in [0.25, 0.3) is 0 Å². The molecule has 1 heterocycles. The normalized spacial score (nSPS) is 10.7. The average Bonchev–Trinajstić information content (AvgIpc) is 2.54. The van der Waals surface area contributed by atoms with Gasteiger partial charge in [-0.3, -0.25) is 4.98 Å². The highest BCUT2D eigenvalue weighted by atomic mass is 19.5. The fourth-order valence-electron chi connectivity index (χ4n) is 0.774. The third-order valence-electron chi connectivity index (χ3n) is 1.30. The van der Waals surface area contributed by atoms with Crippen molar-refractivity contribution >= 4 is 7.25 Å². The van der Waals surface area contributed by atoms with E-state index in [4.69, 9.17) is 4.74 Å². The summed E-state index contributed by atoms with van der Waals surface area (Å²) in [6, 6.07) is 0. The summed E-state index contributed by atoms with van der Waals surface area (Å²) in [5.41, 5.74) is 0. The summed E-state index contributed by atoms with van der Waals surface area (Å²) >= 11 is 0. The number of H-pyrrole nitrogens is 1. The van der Waals surface area contributed by atoms with Crippen molar-refractivity contribution in [3.05, 3.63) is 18.7 Å². The molecule has 0 fully saturated rings. The molecule has 15 heavy (non-hydrogen) atoms. The van der Waals surface area contributed by atoms with Gasteiger partial charge < -0.3 is 22.0 Å². The van der Waals surface area contributed by atoms with Gasteiger partial charge in [0.15, 0.2) is 0 Å². The van der Waals surface area contributed by atoms with Crippen molar-refractivity contribution in [3.8, 4) is 0 Å². The van der Waals surface area contributed by atoms with Crippen LogP contribution >= 0.6 is 0 Å². The SMILES string of the molecule is CCOCC[n+]1cc[nH]c1.F[B-](F)(F)F. The Morgan fingerprint density at radius 3 is 2.33 bits per heavy atom. The van der Waals surface area contributed by atoms with Crippen molar-refractivity contribution in [1.82, 2.24) is 4.98 Å². The molecule has 0 saturated carbocycles. The second kappa shape index (κ2) is 7.27. The molecule has 1 N–H and O–H groups in total. The molecule has 0 bridgehead atoms. The monoisotopic (exact) mass is 228 g/mol. The van der Waals surface area contributed by atoms with Crippen molar-refractivity contribution in [2.45, 2.75) is 13.5 Å². The number of imidazole rings is 1. The topological polar surface area (TPSA) is 28.9 Å². The minimum atomic E-state index is -6.00. The molecule has 0 saturated heterocycles. The van der Waals surface area contributed by atoms with Crippen molar-refractivity contribution in [1.29, 1.82) is 0 Å². The van der Waals surface area contributed by atoms with Gasteiger partial charge in [0.1, 0.15) is 18.9 Å². The smallest absolute Gasteiger partial charge is 0.418 e. The number of nitrogens with one attached hydrogen (secondary N) is 1. The third kappa shape index (κ3) is 13.0. The first-order valence-corrected chi connectivity index (χ1v) is 4.40. The summed E-state index contributed by atoms with van der Waals surface area (Å²) in [5, 5.41) is 0. The Kier molecular flexibility index (Phi) is 6.77. The van der Waals surface area contributed by atoms with Crippen molar-refractivity contribution in [3.63, 3.8) is 0 Å². The molecule has 0 aromatic carbocycles. The Bertz CT molecular complexity index is 234. The van der Waals surface area contributed by atoms with Crippen LogP contribution in [0.4, 0.5) is 17.3 Å². The number of halogens is 4. The summed E-state index contributed by atoms with van der Waals surface area (Å²) in [7, 11) is -6.00. The van der Waals surface area contributed by atoms with Gasteiger partial charge in [0.2, 0.25) is 6.33 Å². The highest BCUT2D eigenvalue weighted by Crippen LogP contribution is 2.06. The summed E-state index contributed by atoms with van der Waals surface area (Å²) in [6.45, 7) is 4.52.